The standard InChI is InChI=1S/C14H17O2.Rb/c1-11-7-9-12(10-8-11)14(15)16-13-5-3-2-4-6-13;/h3-6,11-12H,7-10H2,1H3;/q-1;+1. The molecule has 3 heteroatoms. The molecule has 17 heavy (non-hydrogen) atoms. The minimum Gasteiger partial charge on any atom is -0.453 e. The molecule has 0 heterocycles. The number of ether oxygens (including phenoxy) is 1. The van der Waals surface area contributed by atoms with Gasteiger partial charge in [0.05, 0.1) is 5.92 Å². The zero-order valence-corrected chi connectivity index (χ0v) is 15.5. The van der Waals surface area contributed by atoms with Crippen LogP contribution in [-0.4, -0.2) is 5.97 Å². The van der Waals surface area contributed by atoms with Gasteiger partial charge in [0.15, 0.2) is 0 Å². The number of hydrogen-bond donors (Lipinski definition) is 0. The second-order valence-electron chi connectivity index (χ2n) is 4.61. The molecular formula is C14H17O2Rb. The SMILES string of the molecule is CC1CCC(C(=O)Oc2cc[c-]cc2)CC1.[Rb+]. The fourth-order valence-corrected chi connectivity index (χ4v) is 2.13. The molecule has 2 nitrogen and oxygen atoms in total. The van der Waals surface area contributed by atoms with Gasteiger partial charge in [0.1, 0.15) is 0 Å². The van der Waals surface area contributed by atoms with Gasteiger partial charge in [-0.05, 0) is 31.6 Å². The van der Waals surface area contributed by atoms with Crippen molar-refractivity contribution in [1.82, 2.24) is 0 Å². The van der Waals surface area contributed by atoms with Crippen molar-refractivity contribution in [2.24, 2.45) is 11.8 Å². The van der Waals surface area contributed by atoms with Crippen LogP contribution >= 0.6 is 0 Å². The summed E-state index contributed by atoms with van der Waals surface area (Å²) in [7, 11) is 0. The van der Waals surface area contributed by atoms with E-state index in [0.29, 0.717) is 5.75 Å². The number of rotatable bonds is 2. The molecular weight excluding hydrogens is 286 g/mol. The van der Waals surface area contributed by atoms with Crippen molar-refractivity contribution in [1.29, 1.82) is 0 Å². The topological polar surface area (TPSA) is 26.3 Å². The van der Waals surface area contributed by atoms with E-state index in [1.165, 1.54) is 0 Å². The van der Waals surface area contributed by atoms with E-state index in [0.717, 1.165) is 31.6 Å². The Balaban J connectivity index is 0.00000144. The van der Waals surface area contributed by atoms with Gasteiger partial charge in [-0.25, -0.2) is 0 Å². The monoisotopic (exact) mass is 302 g/mol. The first-order valence-electron chi connectivity index (χ1n) is 5.93. The Morgan fingerprint density at radius 2 is 1.82 bits per heavy atom. The van der Waals surface area contributed by atoms with Crippen LogP contribution < -0.4 is 62.9 Å². The Morgan fingerprint density at radius 3 is 2.41 bits per heavy atom. The number of carbonyl (C=O) groups is 1. The van der Waals surface area contributed by atoms with Gasteiger partial charge in [0.2, 0.25) is 0 Å². The van der Waals surface area contributed by atoms with Crippen LogP contribution in [0.3, 0.4) is 0 Å². The summed E-state index contributed by atoms with van der Waals surface area (Å²) in [5.41, 5.74) is 0. The molecule has 1 aliphatic carbocycles. The molecule has 0 aliphatic heterocycles. The average molecular weight is 303 g/mol. The number of hydrogen-bond acceptors (Lipinski definition) is 2. The van der Waals surface area contributed by atoms with Gasteiger partial charge >= 0.3 is 64.2 Å². The normalized spacial score (nSPS) is 23.6. The van der Waals surface area contributed by atoms with Crippen molar-refractivity contribution in [2.45, 2.75) is 32.6 Å². The van der Waals surface area contributed by atoms with Gasteiger partial charge in [-0.2, -0.15) is 18.2 Å². The fraction of sp³-hybridized carbons (Fsp3) is 0.500. The summed E-state index contributed by atoms with van der Waals surface area (Å²) in [6.45, 7) is 2.24. The van der Waals surface area contributed by atoms with Gasteiger partial charge in [0.25, 0.3) is 0 Å². The fourth-order valence-electron chi connectivity index (χ4n) is 2.13. The molecule has 0 N–H and O–H groups in total. The van der Waals surface area contributed by atoms with E-state index in [1.807, 2.05) is 0 Å². The quantitative estimate of drug-likeness (QED) is 0.444. The molecule has 0 atom stereocenters. The molecule has 0 aromatic heterocycles. The summed E-state index contributed by atoms with van der Waals surface area (Å²) in [5, 5.41) is 0. The van der Waals surface area contributed by atoms with Crippen molar-refractivity contribution in [3.05, 3.63) is 30.3 Å². The van der Waals surface area contributed by atoms with E-state index in [2.05, 4.69) is 13.0 Å². The van der Waals surface area contributed by atoms with E-state index in [4.69, 9.17) is 4.74 Å². The van der Waals surface area contributed by atoms with Gasteiger partial charge < -0.3 is 4.74 Å². The maximum atomic E-state index is 11.8. The molecule has 86 valence electrons. The van der Waals surface area contributed by atoms with Crippen molar-refractivity contribution in [3.8, 4) is 5.75 Å². The summed E-state index contributed by atoms with van der Waals surface area (Å²) in [5.74, 6) is 1.41. The van der Waals surface area contributed by atoms with Crippen molar-refractivity contribution < 1.29 is 67.7 Å². The number of benzene rings is 1. The van der Waals surface area contributed by atoms with Crippen LogP contribution in [0, 0.1) is 17.9 Å². The Morgan fingerprint density at radius 1 is 1.24 bits per heavy atom. The first-order chi connectivity index (χ1) is 7.75. The molecule has 0 spiro atoms. The van der Waals surface area contributed by atoms with Gasteiger partial charge in [-0.1, -0.05) is 6.92 Å². The predicted octanol–water partition coefficient (Wildman–Crippen LogP) is 0.222. The van der Waals surface area contributed by atoms with Crippen LogP contribution in [0.5, 0.6) is 5.75 Å². The van der Waals surface area contributed by atoms with Crippen LogP contribution in [0.2, 0.25) is 0 Å². The Hall–Kier alpha value is 0.495. The minimum absolute atomic E-state index is 0. The van der Waals surface area contributed by atoms with E-state index < -0.39 is 0 Å². The summed E-state index contributed by atoms with van der Waals surface area (Å²) in [6, 6.07) is 9.95. The van der Waals surface area contributed by atoms with E-state index in [1.54, 1.807) is 24.3 Å². The maximum Gasteiger partial charge on any atom is 1.00 e. The second kappa shape index (κ2) is 7.83. The van der Waals surface area contributed by atoms with Gasteiger partial charge in [-0.15, -0.1) is 12.1 Å². The molecule has 0 unspecified atom stereocenters. The van der Waals surface area contributed by atoms with Crippen LogP contribution in [-0.2, 0) is 4.79 Å². The van der Waals surface area contributed by atoms with Gasteiger partial charge in [0, 0.05) is 5.75 Å². The van der Waals surface area contributed by atoms with Crippen molar-refractivity contribution in [2.75, 3.05) is 0 Å². The predicted molar refractivity (Wildman–Crippen MR) is 62.0 cm³/mol. The largest absolute Gasteiger partial charge is 1.00 e. The molecule has 2 rings (SSSR count). The Kier molecular flexibility index (Phi) is 7.16. The van der Waals surface area contributed by atoms with E-state index in [9.17, 15) is 4.79 Å². The Bertz CT molecular complexity index is 342. The van der Waals surface area contributed by atoms with Crippen LogP contribution in [0.15, 0.2) is 24.3 Å². The third-order valence-electron chi connectivity index (χ3n) is 3.26. The van der Waals surface area contributed by atoms with Crippen LogP contribution in [0.4, 0.5) is 0 Å². The molecule has 1 aromatic rings. The second-order valence-corrected chi connectivity index (χ2v) is 4.61. The molecule has 0 amide bonds. The number of carbonyl (C=O) groups excluding carboxylic acids is 1. The van der Waals surface area contributed by atoms with Crippen LogP contribution in [0.1, 0.15) is 32.6 Å². The summed E-state index contributed by atoms with van der Waals surface area (Å²) >= 11 is 0. The molecule has 1 fully saturated rings. The zero-order valence-electron chi connectivity index (χ0n) is 10.6. The third-order valence-corrected chi connectivity index (χ3v) is 3.26. The summed E-state index contributed by atoms with van der Waals surface area (Å²) < 4.78 is 5.33. The molecule has 0 radical (unpaired) electrons. The molecule has 0 bridgehead atoms. The molecule has 0 saturated heterocycles. The smallest absolute Gasteiger partial charge is 0.453 e. The van der Waals surface area contributed by atoms with Crippen molar-refractivity contribution in [3.63, 3.8) is 0 Å². The summed E-state index contributed by atoms with van der Waals surface area (Å²) in [4.78, 5) is 11.8. The first kappa shape index (κ1) is 15.6. The van der Waals surface area contributed by atoms with Gasteiger partial charge in [-0.3, -0.25) is 4.79 Å². The first-order valence-corrected chi connectivity index (χ1v) is 5.93. The molecule has 1 aromatic carbocycles. The number of esters is 1. The Labute approximate surface area is 152 Å². The van der Waals surface area contributed by atoms with Crippen LogP contribution in [0.25, 0.3) is 0 Å². The minimum atomic E-state index is -0.0712. The molecule has 1 aliphatic rings. The third kappa shape index (κ3) is 4.94. The van der Waals surface area contributed by atoms with Crippen molar-refractivity contribution >= 4 is 5.97 Å². The average Bonchev–Trinajstić information content (AvgIpc) is 2.31. The molecule has 1 saturated carbocycles. The van der Waals surface area contributed by atoms with E-state index in [-0.39, 0.29) is 70.1 Å². The zero-order chi connectivity index (χ0) is 11.4. The summed E-state index contributed by atoms with van der Waals surface area (Å²) in [6.07, 6.45) is 4.22. The van der Waals surface area contributed by atoms with E-state index >= 15 is 0 Å². The maximum absolute atomic E-state index is 11.8.